The van der Waals surface area contributed by atoms with Crippen molar-refractivity contribution >= 4 is 8.60 Å². The van der Waals surface area contributed by atoms with Gasteiger partial charge < -0.3 is 14.7 Å². The van der Waals surface area contributed by atoms with Crippen LogP contribution in [0, 0.1) is 0 Å². The fraction of sp³-hybridized carbons (Fsp3) is 1.00. The van der Waals surface area contributed by atoms with Gasteiger partial charge in [0.15, 0.2) is 0 Å². The summed E-state index contributed by atoms with van der Waals surface area (Å²) in [6.45, 7) is 4.25. The van der Waals surface area contributed by atoms with Crippen LogP contribution in [-0.4, -0.2) is 14.7 Å². The van der Waals surface area contributed by atoms with Crippen LogP contribution in [0.4, 0.5) is 0 Å². The molecule has 0 fully saturated rings. The second kappa shape index (κ2) is 9.58. The van der Waals surface area contributed by atoms with Crippen LogP contribution in [0.3, 0.4) is 0 Å². The second-order valence-electron chi connectivity index (χ2n) is 0.975. The van der Waals surface area contributed by atoms with Crippen molar-refractivity contribution in [1.29, 1.82) is 0 Å². The van der Waals surface area contributed by atoms with E-state index in [9.17, 15) is 0 Å². The Morgan fingerprint density at radius 2 is 1.14 bits per heavy atom. The zero-order valence-corrected chi connectivity index (χ0v) is 5.39. The molecule has 0 aromatic heterocycles. The first kappa shape index (κ1) is 10.3. The Morgan fingerprint density at radius 1 is 1.14 bits per heavy atom. The second-order valence-corrected chi connectivity index (χ2v) is 1.51. The van der Waals surface area contributed by atoms with Gasteiger partial charge in [-0.15, -0.1) is 0 Å². The van der Waals surface area contributed by atoms with Gasteiger partial charge in [-0.25, -0.2) is 0 Å². The smallest absolute Gasteiger partial charge is 0.324 e. The Balaban J connectivity index is 0. The minimum absolute atomic E-state index is 1.25. The van der Waals surface area contributed by atoms with Crippen LogP contribution < -0.4 is 0 Å². The molecule has 3 N–H and O–H groups in total. The highest BCUT2D eigenvalue weighted by molar-refractivity contribution is 7.38. The van der Waals surface area contributed by atoms with E-state index in [1.54, 1.807) is 0 Å². The van der Waals surface area contributed by atoms with E-state index >= 15 is 0 Å². The Kier molecular flexibility index (Phi) is 14.1. The van der Waals surface area contributed by atoms with Crippen LogP contribution >= 0.6 is 8.60 Å². The molecular weight excluding hydrogens is 115 g/mol. The normalized spacial score (nSPS) is 7.71. The zero-order chi connectivity index (χ0) is 6.28. The van der Waals surface area contributed by atoms with Crippen LogP contribution in [0.5, 0.6) is 0 Å². The molecular formula is C3H11O3P. The Bertz CT molecular complexity index is 21.4. The van der Waals surface area contributed by atoms with E-state index in [1.807, 2.05) is 0 Å². The molecule has 0 spiro atoms. The van der Waals surface area contributed by atoms with Gasteiger partial charge >= 0.3 is 8.60 Å². The fourth-order valence-corrected chi connectivity index (χ4v) is 0. The van der Waals surface area contributed by atoms with Crippen molar-refractivity contribution in [3.8, 4) is 0 Å². The zero-order valence-electron chi connectivity index (χ0n) is 4.50. The molecule has 0 aromatic carbocycles. The van der Waals surface area contributed by atoms with Crippen LogP contribution in [0.2, 0.25) is 0 Å². The van der Waals surface area contributed by atoms with Crippen LogP contribution in [-0.2, 0) is 0 Å². The number of hydrogen-bond acceptors (Lipinski definition) is 3. The van der Waals surface area contributed by atoms with Gasteiger partial charge in [0.05, 0.1) is 0 Å². The van der Waals surface area contributed by atoms with E-state index in [2.05, 4.69) is 13.8 Å². The maximum atomic E-state index is 7.23. The monoisotopic (exact) mass is 126 g/mol. The Morgan fingerprint density at radius 3 is 1.14 bits per heavy atom. The lowest BCUT2D eigenvalue weighted by Gasteiger charge is -1.76. The summed E-state index contributed by atoms with van der Waals surface area (Å²) in [5.41, 5.74) is 0. The van der Waals surface area contributed by atoms with Crippen molar-refractivity contribution in [2.75, 3.05) is 0 Å². The van der Waals surface area contributed by atoms with Crippen molar-refractivity contribution < 1.29 is 14.7 Å². The third kappa shape index (κ3) is 1220. The lowest BCUT2D eigenvalue weighted by atomic mass is 10.6. The molecule has 0 aliphatic carbocycles. The number of rotatable bonds is 0. The highest BCUT2D eigenvalue weighted by Crippen LogP contribution is 2.11. The third-order valence-corrected chi connectivity index (χ3v) is 0. The van der Waals surface area contributed by atoms with Gasteiger partial charge in [-0.2, -0.15) is 0 Å². The Labute approximate surface area is 44.6 Å². The molecule has 0 saturated heterocycles. The maximum absolute atomic E-state index is 7.23. The lowest BCUT2D eigenvalue weighted by molar-refractivity contribution is 0.368. The molecule has 0 saturated carbocycles. The summed E-state index contributed by atoms with van der Waals surface area (Å²) in [5.74, 6) is 0. The molecule has 46 valence electrons. The van der Waals surface area contributed by atoms with Crippen molar-refractivity contribution in [2.45, 2.75) is 20.3 Å². The van der Waals surface area contributed by atoms with Crippen molar-refractivity contribution in [3.05, 3.63) is 0 Å². The summed E-state index contributed by atoms with van der Waals surface area (Å²) in [4.78, 5) is 21.7. The van der Waals surface area contributed by atoms with Crippen LogP contribution in [0.15, 0.2) is 0 Å². The summed E-state index contributed by atoms with van der Waals surface area (Å²) in [5, 5.41) is 0. The van der Waals surface area contributed by atoms with E-state index < -0.39 is 8.60 Å². The lowest BCUT2D eigenvalue weighted by Crippen LogP contribution is -1.54. The first-order chi connectivity index (χ1) is 3.15. The van der Waals surface area contributed by atoms with Crippen LogP contribution in [0.1, 0.15) is 20.3 Å². The van der Waals surface area contributed by atoms with E-state index in [4.69, 9.17) is 14.7 Å². The predicted molar refractivity (Wildman–Crippen MR) is 29.5 cm³/mol. The SMILES string of the molecule is CCC.OP(O)O. The highest BCUT2D eigenvalue weighted by atomic mass is 31.2. The summed E-state index contributed by atoms with van der Waals surface area (Å²) in [6.07, 6.45) is 1.25. The molecule has 7 heavy (non-hydrogen) atoms. The molecule has 0 aliphatic rings. The standard InChI is InChI=1S/C3H8.H3O3P/c1-3-2;1-4(2)3/h3H2,1-2H3;1-3H. The highest BCUT2D eigenvalue weighted by Gasteiger charge is 1.76. The van der Waals surface area contributed by atoms with Gasteiger partial charge in [0, 0.05) is 0 Å². The summed E-state index contributed by atoms with van der Waals surface area (Å²) < 4.78 is 0. The average Bonchev–Trinajstić information content (AvgIpc) is 1.33. The molecule has 0 bridgehead atoms. The third-order valence-electron chi connectivity index (χ3n) is 0. The fourth-order valence-electron chi connectivity index (χ4n) is 0. The maximum Gasteiger partial charge on any atom is 0.324 e. The molecule has 0 aliphatic heterocycles. The van der Waals surface area contributed by atoms with Gasteiger partial charge in [-0.1, -0.05) is 20.3 Å². The van der Waals surface area contributed by atoms with Crippen molar-refractivity contribution in [3.63, 3.8) is 0 Å². The van der Waals surface area contributed by atoms with Gasteiger partial charge in [0.1, 0.15) is 0 Å². The first-order valence-electron chi connectivity index (χ1n) is 2.01. The minimum Gasteiger partial charge on any atom is -0.328 e. The summed E-state index contributed by atoms with van der Waals surface area (Å²) >= 11 is 0. The largest absolute Gasteiger partial charge is 0.328 e. The van der Waals surface area contributed by atoms with E-state index in [0.29, 0.717) is 0 Å². The molecule has 0 radical (unpaired) electrons. The predicted octanol–water partition coefficient (Wildman–Crippen LogP) is 0.606. The van der Waals surface area contributed by atoms with Gasteiger partial charge in [-0.05, 0) is 0 Å². The summed E-state index contributed by atoms with van der Waals surface area (Å²) in [7, 11) is -2.62. The van der Waals surface area contributed by atoms with Crippen molar-refractivity contribution in [1.82, 2.24) is 0 Å². The minimum atomic E-state index is -2.62. The molecule has 0 atom stereocenters. The number of hydrogen-bond donors (Lipinski definition) is 3. The van der Waals surface area contributed by atoms with E-state index in [-0.39, 0.29) is 0 Å². The Hall–Kier alpha value is 0.310. The molecule has 0 amide bonds. The molecule has 0 rings (SSSR count). The molecule has 3 nitrogen and oxygen atoms in total. The van der Waals surface area contributed by atoms with Gasteiger partial charge in [-0.3, -0.25) is 0 Å². The average molecular weight is 126 g/mol. The first-order valence-corrected chi connectivity index (χ1v) is 3.21. The van der Waals surface area contributed by atoms with E-state index in [1.165, 1.54) is 6.42 Å². The van der Waals surface area contributed by atoms with Gasteiger partial charge in [0.2, 0.25) is 0 Å². The van der Waals surface area contributed by atoms with E-state index in [0.717, 1.165) is 0 Å². The molecule has 0 heterocycles. The van der Waals surface area contributed by atoms with Crippen LogP contribution in [0.25, 0.3) is 0 Å². The van der Waals surface area contributed by atoms with Gasteiger partial charge in [0.25, 0.3) is 0 Å². The van der Waals surface area contributed by atoms with Crippen molar-refractivity contribution in [2.24, 2.45) is 0 Å². The summed E-state index contributed by atoms with van der Waals surface area (Å²) in [6, 6.07) is 0. The molecule has 0 unspecified atom stereocenters. The molecule has 4 heteroatoms. The molecule has 0 aromatic rings. The quantitative estimate of drug-likeness (QED) is 0.416. The topological polar surface area (TPSA) is 60.7 Å².